The summed E-state index contributed by atoms with van der Waals surface area (Å²) in [6, 6.07) is 2.98. The van der Waals surface area contributed by atoms with Gasteiger partial charge in [0.2, 0.25) is 0 Å². The maximum atomic E-state index is 13.4. The topological polar surface area (TPSA) is 26.3 Å². The zero-order valence-electron chi connectivity index (χ0n) is 9.42. The molecule has 0 aliphatic carbocycles. The van der Waals surface area contributed by atoms with Gasteiger partial charge in [-0.2, -0.15) is 0 Å². The molecule has 1 saturated heterocycles. The molecule has 0 N–H and O–H groups in total. The van der Waals surface area contributed by atoms with E-state index in [1.54, 1.807) is 0 Å². The van der Waals surface area contributed by atoms with Crippen molar-refractivity contribution in [1.82, 2.24) is 0 Å². The zero-order chi connectivity index (χ0) is 12.3. The first-order valence-corrected chi connectivity index (χ1v) is 5.73. The summed E-state index contributed by atoms with van der Waals surface area (Å²) < 4.78 is 31.5. The third-order valence-electron chi connectivity index (χ3n) is 3.04. The van der Waals surface area contributed by atoms with Crippen LogP contribution in [0.1, 0.15) is 29.6 Å². The van der Waals surface area contributed by atoms with Gasteiger partial charge in [0, 0.05) is 19.6 Å². The monoisotopic (exact) mass is 240 g/mol. The van der Waals surface area contributed by atoms with Crippen molar-refractivity contribution in [3.8, 4) is 0 Å². The molecule has 0 aromatic heterocycles. The summed E-state index contributed by atoms with van der Waals surface area (Å²) in [6.07, 6.45) is 1.88. The Balaban J connectivity index is 2.05. The van der Waals surface area contributed by atoms with Gasteiger partial charge in [0.1, 0.15) is 11.6 Å². The van der Waals surface area contributed by atoms with Crippen LogP contribution in [0, 0.1) is 17.6 Å². The second-order valence-corrected chi connectivity index (χ2v) is 4.31. The highest BCUT2D eigenvalue weighted by Gasteiger charge is 2.20. The van der Waals surface area contributed by atoms with E-state index in [9.17, 15) is 13.6 Å². The van der Waals surface area contributed by atoms with Gasteiger partial charge in [0.15, 0.2) is 5.78 Å². The van der Waals surface area contributed by atoms with Gasteiger partial charge in [0.05, 0.1) is 5.56 Å². The molecule has 92 valence electrons. The van der Waals surface area contributed by atoms with Gasteiger partial charge in [-0.15, -0.1) is 0 Å². The molecular weight excluding hydrogens is 226 g/mol. The lowest BCUT2D eigenvalue weighted by atomic mass is 9.92. The van der Waals surface area contributed by atoms with Crippen molar-refractivity contribution in [3.05, 3.63) is 35.4 Å². The summed E-state index contributed by atoms with van der Waals surface area (Å²) in [5.74, 6) is -1.34. The highest BCUT2D eigenvalue weighted by atomic mass is 19.1. The van der Waals surface area contributed by atoms with Crippen LogP contribution < -0.4 is 0 Å². The quantitative estimate of drug-likeness (QED) is 0.759. The predicted molar refractivity (Wildman–Crippen MR) is 58.8 cm³/mol. The molecule has 0 radical (unpaired) electrons. The summed E-state index contributed by atoms with van der Waals surface area (Å²) in [7, 11) is 0. The van der Waals surface area contributed by atoms with Crippen LogP contribution in [0.15, 0.2) is 18.2 Å². The Labute approximate surface area is 98.6 Å². The van der Waals surface area contributed by atoms with Crippen LogP contribution in [0.5, 0.6) is 0 Å². The lowest BCUT2D eigenvalue weighted by Crippen LogP contribution is -2.19. The van der Waals surface area contributed by atoms with E-state index in [1.165, 1.54) is 0 Å². The number of ketones is 1. The van der Waals surface area contributed by atoms with Gasteiger partial charge >= 0.3 is 0 Å². The van der Waals surface area contributed by atoms with Gasteiger partial charge in [-0.05, 0) is 37.0 Å². The minimum atomic E-state index is -0.650. The van der Waals surface area contributed by atoms with Gasteiger partial charge in [-0.1, -0.05) is 0 Å². The number of hydrogen-bond acceptors (Lipinski definition) is 2. The Morgan fingerprint density at radius 3 is 2.71 bits per heavy atom. The van der Waals surface area contributed by atoms with Crippen LogP contribution in [0.3, 0.4) is 0 Å². The Kier molecular flexibility index (Phi) is 3.84. The van der Waals surface area contributed by atoms with E-state index in [4.69, 9.17) is 4.74 Å². The molecule has 0 unspecified atom stereocenters. The van der Waals surface area contributed by atoms with Gasteiger partial charge in [-0.3, -0.25) is 4.79 Å². The standard InChI is InChI=1S/C13H14F2O2/c14-10-1-2-12(15)11(8-10)13(16)7-9-3-5-17-6-4-9/h1-2,8-9H,3-7H2. The number of carbonyl (C=O) groups excluding carboxylic acids is 1. The number of hydrogen-bond donors (Lipinski definition) is 0. The summed E-state index contributed by atoms with van der Waals surface area (Å²) in [5, 5.41) is 0. The van der Waals surface area contributed by atoms with Crippen molar-refractivity contribution in [3.63, 3.8) is 0 Å². The van der Waals surface area contributed by atoms with Crippen LogP contribution in [0.2, 0.25) is 0 Å². The fourth-order valence-corrected chi connectivity index (χ4v) is 2.03. The second-order valence-electron chi connectivity index (χ2n) is 4.31. The fourth-order valence-electron chi connectivity index (χ4n) is 2.03. The van der Waals surface area contributed by atoms with E-state index in [0.29, 0.717) is 13.2 Å². The minimum absolute atomic E-state index is 0.142. The molecule has 1 heterocycles. The smallest absolute Gasteiger partial charge is 0.166 e. The van der Waals surface area contributed by atoms with Crippen molar-refractivity contribution >= 4 is 5.78 Å². The first kappa shape index (κ1) is 12.2. The molecule has 0 saturated carbocycles. The van der Waals surface area contributed by atoms with E-state index in [0.717, 1.165) is 31.0 Å². The van der Waals surface area contributed by atoms with Gasteiger partial charge < -0.3 is 4.74 Å². The molecule has 0 atom stereocenters. The molecule has 4 heteroatoms. The first-order chi connectivity index (χ1) is 8.16. The van der Waals surface area contributed by atoms with Crippen molar-refractivity contribution < 1.29 is 18.3 Å². The molecule has 0 bridgehead atoms. The largest absolute Gasteiger partial charge is 0.381 e. The third-order valence-corrected chi connectivity index (χ3v) is 3.04. The van der Waals surface area contributed by atoms with Crippen LogP contribution >= 0.6 is 0 Å². The SMILES string of the molecule is O=C(CC1CCOCC1)c1cc(F)ccc1F. The fraction of sp³-hybridized carbons (Fsp3) is 0.462. The van der Waals surface area contributed by atoms with Crippen molar-refractivity contribution in [2.24, 2.45) is 5.92 Å². The number of carbonyl (C=O) groups is 1. The molecule has 0 amide bonds. The van der Waals surface area contributed by atoms with E-state index >= 15 is 0 Å². The van der Waals surface area contributed by atoms with Gasteiger partial charge in [0.25, 0.3) is 0 Å². The first-order valence-electron chi connectivity index (χ1n) is 5.73. The summed E-state index contributed by atoms with van der Waals surface area (Å²) >= 11 is 0. The molecule has 17 heavy (non-hydrogen) atoms. The summed E-state index contributed by atoms with van der Waals surface area (Å²) in [6.45, 7) is 1.28. The second kappa shape index (κ2) is 5.36. The van der Waals surface area contributed by atoms with Gasteiger partial charge in [-0.25, -0.2) is 8.78 Å². The Morgan fingerprint density at radius 2 is 2.00 bits per heavy atom. The molecule has 1 aliphatic heterocycles. The zero-order valence-corrected chi connectivity index (χ0v) is 9.42. The summed E-state index contributed by atoms with van der Waals surface area (Å²) in [4.78, 5) is 11.8. The van der Waals surface area contributed by atoms with Crippen molar-refractivity contribution in [2.45, 2.75) is 19.3 Å². The van der Waals surface area contributed by atoms with E-state index in [2.05, 4.69) is 0 Å². The summed E-state index contributed by atoms with van der Waals surface area (Å²) in [5.41, 5.74) is -0.142. The number of ether oxygens (including phenoxy) is 1. The number of rotatable bonds is 3. The maximum Gasteiger partial charge on any atom is 0.166 e. The lowest BCUT2D eigenvalue weighted by Gasteiger charge is -2.21. The minimum Gasteiger partial charge on any atom is -0.381 e. The maximum absolute atomic E-state index is 13.4. The van der Waals surface area contributed by atoms with Crippen molar-refractivity contribution in [2.75, 3.05) is 13.2 Å². The molecule has 1 fully saturated rings. The van der Waals surface area contributed by atoms with Crippen LogP contribution in [-0.2, 0) is 4.74 Å². The predicted octanol–water partition coefficient (Wildman–Crippen LogP) is 2.96. The van der Waals surface area contributed by atoms with Crippen LogP contribution in [-0.4, -0.2) is 19.0 Å². The molecule has 1 aromatic rings. The molecular formula is C13H14F2O2. The van der Waals surface area contributed by atoms with Crippen LogP contribution in [0.4, 0.5) is 8.78 Å². The highest BCUT2D eigenvalue weighted by molar-refractivity contribution is 5.96. The molecule has 2 rings (SSSR count). The Bertz CT molecular complexity index is 412. The van der Waals surface area contributed by atoms with E-state index in [-0.39, 0.29) is 23.7 Å². The average Bonchev–Trinajstić information content (AvgIpc) is 2.33. The highest BCUT2D eigenvalue weighted by Crippen LogP contribution is 2.22. The Hall–Kier alpha value is -1.29. The number of benzene rings is 1. The number of halogens is 2. The molecule has 2 nitrogen and oxygen atoms in total. The van der Waals surface area contributed by atoms with Crippen molar-refractivity contribution in [1.29, 1.82) is 0 Å². The average molecular weight is 240 g/mol. The Morgan fingerprint density at radius 1 is 1.29 bits per heavy atom. The lowest BCUT2D eigenvalue weighted by molar-refractivity contribution is 0.0600. The molecule has 1 aromatic carbocycles. The van der Waals surface area contributed by atoms with Crippen LogP contribution in [0.25, 0.3) is 0 Å². The van der Waals surface area contributed by atoms with E-state index < -0.39 is 11.6 Å². The number of Topliss-reactive ketones (excluding diaryl/α,β-unsaturated/α-hetero) is 1. The normalized spacial score (nSPS) is 17.1. The molecule has 1 aliphatic rings. The van der Waals surface area contributed by atoms with E-state index in [1.807, 2.05) is 0 Å². The molecule has 0 spiro atoms. The third kappa shape index (κ3) is 3.09.